The highest BCUT2D eigenvalue weighted by Crippen LogP contribution is 2.16. The molecule has 1 aromatic rings. The van der Waals surface area contributed by atoms with Crippen LogP contribution in [0.5, 0.6) is 0 Å². The number of halogens is 1. The maximum atomic E-state index is 13.9. The van der Waals surface area contributed by atoms with Crippen molar-refractivity contribution in [1.29, 1.82) is 0 Å². The van der Waals surface area contributed by atoms with Gasteiger partial charge >= 0.3 is 0 Å². The molecule has 1 aliphatic heterocycles. The van der Waals surface area contributed by atoms with Crippen LogP contribution in [0.25, 0.3) is 0 Å². The van der Waals surface area contributed by atoms with Crippen LogP contribution in [0.3, 0.4) is 0 Å². The third-order valence-electron chi connectivity index (χ3n) is 3.55. The van der Waals surface area contributed by atoms with E-state index in [0.29, 0.717) is 5.56 Å². The molecule has 104 valence electrons. The molecule has 3 nitrogen and oxygen atoms in total. The van der Waals surface area contributed by atoms with E-state index < -0.39 is 6.17 Å². The minimum atomic E-state index is -1.14. The Bertz CT molecular complexity index is 406. The van der Waals surface area contributed by atoms with Crippen molar-refractivity contribution < 1.29 is 9.18 Å². The first-order valence-corrected chi connectivity index (χ1v) is 6.86. The molecule has 1 saturated heterocycles. The fourth-order valence-corrected chi connectivity index (χ4v) is 2.18. The normalized spacial score (nSPS) is 18.4. The molecular weight excluding hydrogens is 243 g/mol. The van der Waals surface area contributed by atoms with Crippen molar-refractivity contribution in [2.45, 2.75) is 19.5 Å². The first-order chi connectivity index (χ1) is 9.16. The third kappa shape index (κ3) is 4.03. The Kier molecular flexibility index (Phi) is 4.91. The van der Waals surface area contributed by atoms with E-state index in [1.807, 2.05) is 13.0 Å². The summed E-state index contributed by atoms with van der Waals surface area (Å²) in [7, 11) is 0. The summed E-state index contributed by atoms with van der Waals surface area (Å²) < 4.78 is 13.9. The highest BCUT2D eigenvalue weighted by molar-refractivity contribution is 5.78. The maximum Gasteiger partial charge on any atom is 0.224 e. The average Bonchev–Trinajstić information content (AvgIpc) is 2.40. The average molecular weight is 264 g/mol. The molecule has 1 N–H and O–H groups in total. The number of carbonyl (C=O) groups is 1. The van der Waals surface area contributed by atoms with Crippen LogP contribution in [0.2, 0.25) is 0 Å². The van der Waals surface area contributed by atoms with Crippen LogP contribution in [0, 0.1) is 5.92 Å². The van der Waals surface area contributed by atoms with Crippen LogP contribution < -0.4 is 5.32 Å². The summed E-state index contributed by atoms with van der Waals surface area (Å²) in [4.78, 5) is 14.1. The van der Waals surface area contributed by atoms with Crippen molar-refractivity contribution in [3.8, 4) is 0 Å². The lowest BCUT2D eigenvalue weighted by Gasteiger charge is -2.32. The van der Waals surface area contributed by atoms with Gasteiger partial charge in [0.1, 0.15) is 6.17 Å². The van der Waals surface area contributed by atoms with Crippen LogP contribution in [-0.2, 0) is 4.79 Å². The number of benzene rings is 1. The van der Waals surface area contributed by atoms with E-state index in [1.165, 1.54) is 6.42 Å². The molecule has 19 heavy (non-hydrogen) atoms. The summed E-state index contributed by atoms with van der Waals surface area (Å²) in [6.07, 6.45) is 0.0795. The van der Waals surface area contributed by atoms with E-state index in [4.69, 9.17) is 0 Å². The van der Waals surface area contributed by atoms with Crippen LogP contribution in [0.4, 0.5) is 4.39 Å². The van der Waals surface area contributed by atoms with Gasteiger partial charge in [0.2, 0.25) is 5.91 Å². The van der Waals surface area contributed by atoms with Gasteiger partial charge in [0, 0.05) is 12.5 Å². The number of alkyl halides is 1. The Morgan fingerprint density at radius 2 is 2.05 bits per heavy atom. The van der Waals surface area contributed by atoms with Crippen molar-refractivity contribution in [3.63, 3.8) is 0 Å². The van der Waals surface area contributed by atoms with E-state index in [9.17, 15) is 9.18 Å². The Morgan fingerprint density at radius 1 is 1.37 bits per heavy atom. The zero-order valence-electron chi connectivity index (χ0n) is 11.3. The van der Waals surface area contributed by atoms with E-state index in [0.717, 1.165) is 19.6 Å². The first kappa shape index (κ1) is 14.0. The lowest BCUT2D eigenvalue weighted by molar-refractivity contribution is -0.125. The summed E-state index contributed by atoms with van der Waals surface area (Å²) in [6.45, 7) is 4.87. The fourth-order valence-electron chi connectivity index (χ4n) is 2.18. The van der Waals surface area contributed by atoms with Gasteiger partial charge in [0.15, 0.2) is 0 Å². The monoisotopic (exact) mass is 264 g/mol. The van der Waals surface area contributed by atoms with Gasteiger partial charge in [0.05, 0.1) is 6.54 Å². The molecule has 2 atom stereocenters. The van der Waals surface area contributed by atoms with E-state index >= 15 is 0 Å². The third-order valence-corrected chi connectivity index (χ3v) is 3.55. The molecule has 0 unspecified atom stereocenters. The van der Waals surface area contributed by atoms with E-state index in [-0.39, 0.29) is 18.4 Å². The molecular formula is C15H21FN2O. The quantitative estimate of drug-likeness (QED) is 0.854. The molecule has 2 rings (SSSR count). The Hall–Kier alpha value is -1.42. The fraction of sp³-hybridized carbons (Fsp3) is 0.533. The van der Waals surface area contributed by atoms with Gasteiger partial charge < -0.3 is 10.2 Å². The molecule has 1 aliphatic rings. The van der Waals surface area contributed by atoms with Crippen LogP contribution in [-0.4, -0.2) is 37.0 Å². The van der Waals surface area contributed by atoms with Gasteiger partial charge in [-0.15, -0.1) is 0 Å². The molecule has 1 fully saturated rings. The minimum absolute atomic E-state index is 0.0488. The molecule has 0 radical (unpaired) electrons. The van der Waals surface area contributed by atoms with Gasteiger partial charge in [-0.25, -0.2) is 4.39 Å². The van der Waals surface area contributed by atoms with E-state index in [2.05, 4.69) is 10.2 Å². The standard InChI is InChI=1S/C15H21FN2O/c1-12(11-18-8-5-9-18)15(19)17-10-14(16)13-6-3-2-4-7-13/h2-4,6-7,12,14H,5,8-11H2,1H3,(H,17,19)/t12-,14+/m1/s1. The number of amides is 1. The van der Waals surface area contributed by atoms with Crippen LogP contribution in [0.1, 0.15) is 25.1 Å². The number of likely N-dealkylation sites (tertiary alicyclic amines) is 1. The number of hydrogen-bond acceptors (Lipinski definition) is 2. The molecule has 0 bridgehead atoms. The molecule has 0 spiro atoms. The Morgan fingerprint density at radius 3 is 2.63 bits per heavy atom. The summed E-state index contributed by atoms with van der Waals surface area (Å²) in [5, 5.41) is 2.69. The second kappa shape index (κ2) is 6.66. The number of nitrogens with zero attached hydrogens (tertiary/aromatic N) is 1. The zero-order chi connectivity index (χ0) is 13.7. The number of rotatable bonds is 6. The number of carbonyl (C=O) groups excluding carboxylic acids is 1. The van der Waals surface area contributed by atoms with Gasteiger partial charge in [-0.05, 0) is 25.1 Å². The molecule has 1 amide bonds. The zero-order valence-corrected chi connectivity index (χ0v) is 11.3. The molecule has 1 heterocycles. The van der Waals surface area contributed by atoms with Crippen molar-refractivity contribution in [3.05, 3.63) is 35.9 Å². The topological polar surface area (TPSA) is 32.3 Å². The van der Waals surface area contributed by atoms with Crippen molar-refractivity contribution in [2.75, 3.05) is 26.2 Å². The smallest absolute Gasteiger partial charge is 0.224 e. The Labute approximate surface area is 113 Å². The maximum absolute atomic E-state index is 13.9. The highest BCUT2D eigenvalue weighted by atomic mass is 19.1. The lowest BCUT2D eigenvalue weighted by Crippen LogP contribution is -2.44. The second-order valence-corrected chi connectivity index (χ2v) is 5.18. The largest absolute Gasteiger partial charge is 0.353 e. The van der Waals surface area contributed by atoms with Crippen LogP contribution >= 0.6 is 0 Å². The summed E-state index contributed by atoms with van der Waals surface area (Å²) in [5.74, 6) is -0.145. The summed E-state index contributed by atoms with van der Waals surface area (Å²) >= 11 is 0. The van der Waals surface area contributed by atoms with Gasteiger partial charge in [0.25, 0.3) is 0 Å². The van der Waals surface area contributed by atoms with Gasteiger partial charge in [-0.3, -0.25) is 4.79 Å². The highest BCUT2D eigenvalue weighted by Gasteiger charge is 2.21. The van der Waals surface area contributed by atoms with E-state index in [1.54, 1.807) is 24.3 Å². The molecule has 0 aliphatic carbocycles. The SMILES string of the molecule is C[C@H](CN1CCC1)C(=O)NC[C@H](F)c1ccccc1. The molecule has 0 aromatic heterocycles. The summed E-state index contributed by atoms with van der Waals surface area (Å²) in [6, 6.07) is 8.93. The number of nitrogens with one attached hydrogen (secondary N) is 1. The van der Waals surface area contributed by atoms with Crippen molar-refractivity contribution in [2.24, 2.45) is 5.92 Å². The minimum Gasteiger partial charge on any atom is -0.353 e. The second-order valence-electron chi connectivity index (χ2n) is 5.18. The Balaban J connectivity index is 1.73. The molecule has 1 aromatic carbocycles. The summed E-state index contributed by atoms with van der Waals surface area (Å²) in [5.41, 5.74) is 0.609. The van der Waals surface area contributed by atoms with Gasteiger partial charge in [-0.2, -0.15) is 0 Å². The molecule has 0 saturated carbocycles. The lowest BCUT2D eigenvalue weighted by atomic mass is 10.1. The molecule has 4 heteroatoms. The van der Waals surface area contributed by atoms with Crippen molar-refractivity contribution in [1.82, 2.24) is 10.2 Å². The van der Waals surface area contributed by atoms with Gasteiger partial charge in [-0.1, -0.05) is 37.3 Å². The van der Waals surface area contributed by atoms with Crippen molar-refractivity contribution >= 4 is 5.91 Å². The first-order valence-electron chi connectivity index (χ1n) is 6.86. The predicted octanol–water partition coefficient (Wildman–Crippen LogP) is 2.16. The van der Waals surface area contributed by atoms with Crippen LogP contribution in [0.15, 0.2) is 30.3 Å². The number of hydrogen-bond donors (Lipinski definition) is 1. The predicted molar refractivity (Wildman–Crippen MR) is 73.5 cm³/mol.